The van der Waals surface area contributed by atoms with Crippen LogP contribution in [0.5, 0.6) is 5.75 Å². The van der Waals surface area contributed by atoms with Crippen molar-refractivity contribution >= 4 is 41.4 Å². The predicted molar refractivity (Wildman–Crippen MR) is 150 cm³/mol. The van der Waals surface area contributed by atoms with E-state index in [2.05, 4.69) is 10.6 Å². The molecule has 1 fully saturated rings. The molecule has 1 aromatic carbocycles. The average molecular weight is 622 g/mol. The molecule has 2 heterocycles. The Bertz CT molecular complexity index is 1250. The van der Waals surface area contributed by atoms with Gasteiger partial charge in [0, 0.05) is 44.7 Å². The largest absolute Gasteiger partial charge is 0.479 e. The highest BCUT2D eigenvalue weighted by Crippen LogP contribution is 2.31. The minimum atomic E-state index is -1.91. The van der Waals surface area contributed by atoms with Crippen LogP contribution in [0.3, 0.4) is 0 Å². The van der Waals surface area contributed by atoms with E-state index in [1.807, 2.05) is 6.92 Å². The number of ether oxygens (including phenoxy) is 4. The van der Waals surface area contributed by atoms with Gasteiger partial charge in [-0.2, -0.15) is 0 Å². The number of nitrogens with one attached hydrogen (secondary N) is 2. The molecule has 0 aliphatic carbocycles. The van der Waals surface area contributed by atoms with Gasteiger partial charge in [0.1, 0.15) is 30.9 Å². The summed E-state index contributed by atoms with van der Waals surface area (Å²) in [5.41, 5.74) is 0.672. The first-order chi connectivity index (χ1) is 21.0. The molecule has 6 N–H and O–H groups in total. The van der Waals surface area contributed by atoms with E-state index < -0.39 is 60.3 Å². The van der Waals surface area contributed by atoms with Crippen molar-refractivity contribution in [3.05, 3.63) is 42.0 Å². The van der Waals surface area contributed by atoms with Gasteiger partial charge in [0.05, 0.1) is 12.3 Å². The highest BCUT2D eigenvalue weighted by Gasteiger charge is 2.48. The number of anilines is 1. The van der Waals surface area contributed by atoms with Crippen LogP contribution < -0.4 is 15.4 Å². The zero-order valence-corrected chi connectivity index (χ0v) is 23.8. The van der Waals surface area contributed by atoms with Crippen LogP contribution in [0.25, 0.3) is 6.08 Å². The number of imide groups is 1. The van der Waals surface area contributed by atoms with Gasteiger partial charge in [-0.3, -0.25) is 24.1 Å². The average Bonchev–Trinajstić information content (AvgIpc) is 3.31. The number of carboxylic acids is 1. The van der Waals surface area contributed by atoms with Gasteiger partial charge in [-0.15, -0.1) is 0 Å². The number of aliphatic hydroxyl groups excluding tert-OH is 3. The number of nitrogens with zero attached hydrogens (tertiary/aromatic N) is 1. The monoisotopic (exact) mass is 621 g/mol. The lowest BCUT2D eigenvalue weighted by Crippen LogP contribution is -2.61. The number of rotatable bonds is 16. The summed E-state index contributed by atoms with van der Waals surface area (Å²) >= 11 is 0. The van der Waals surface area contributed by atoms with Gasteiger partial charge in [-0.1, -0.05) is 18.2 Å². The number of benzene rings is 1. The minimum Gasteiger partial charge on any atom is -0.479 e. The number of carbonyl (C=O) groups excluding carboxylic acids is 4. The van der Waals surface area contributed by atoms with Crippen LogP contribution in [0.1, 0.15) is 25.3 Å². The molecule has 0 aromatic heterocycles. The minimum absolute atomic E-state index is 0.0579. The maximum Gasteiger partial charge on any atom is 0.335 e. The maximum atomic E-state index is 12.8. The summed E-state index contributed by atoms with van der Waals surface area (Å²) in [6, 6.07) is 4.51. The molecular weight excluding hydrogens is 586 g/mol. The second-order valence-corrected chi connectivity index (χ2v) is 9.55. The van der Waals surface area contributed by atoms with Crippen molar-refractivity contribution < 1.29 is 63.3 Å². The molecule has 16 heteroatoms. The Hall–Kier alpha value is -4.19. The fourth-order valence-corrected chi connectivity index (χ4v) is 4.05. The summed E-state index contributed by atoms with van der Waals surface area (Å²) in [5, 5.41) is 44.9. The van der Waals surface area contributed by atoms with Crippen LogP contribution in [-0.2, 0) is 38.2 Å². The molecule has 1 aromatic rings. The Kier molecular flexibility index (Phi) is 12.9. The zero-order valence-electron chi connectivity index (χ0n) is 23.8. The summed E-state index contributed by atoms with van der Waals surface area (Å²) in [6.07, 6.45) is -3.99. The van der Waals surface area contributed by atoms with Crippen molar-refractivity contribution in [3.8, 4) is 5.75 Å². The Morgan fingerprint density at radius 2 is 1.73 bits per heavy atom. The lowest BCUT2D eigenvalue weighted by molar-refractivity contribution is -0.271. The number of hydrogen-bond acceptors (Lipinski definition) is 12. The number of carbonyl (C=O) groups is 5. The fraction of sp³-hybridized carbons (Fsp3) is 0.464. The van der Waals surface area contributed by atoms with E-state index in [0.717, 1.165) is 17.1 Å². The lowest BCUT2D eigenvalue weighted by atomic mass is 9.99. The molecule has 0 unspecified atom stereocenters. The van der Waals surface area contributed by atoms with E-state index >= 15 is 0 Å². The van der Waals surface area contributed by atoms with E-state index in [4.69, 9.17) is 18.9 Å². The molecule has 16 nitrogen and oxygen atoms in total. The van der Waals surface area contributed by atoms with Gasteiger partial charge in [0.15, 0.2) is 6.10 Å². The third-order valence-corrected chi connectivity index (χ3v) is 6.37. The third kappa shape index (κ3) is 9.66. The molecule has 5 atom stereocenters. The molecule has 0 spiro atoms. The van der Waals surface area contributed by atoms with E-state index in [1.54, 1.807) is 18.2 Å². The predicted octanol–water partition coefficient (Wildman–Crippen LogP) is -1.26. The maximum absolute atomic E-state index is 12.8. The molecule has 4 amide bonds. The summed E-state index contributed by atoms with van der Waals surface area (Å²) in [6.45, 7) is 2.48. The molecular formula is C28H35N3O13. The standard InChI is InChI=1S/C28H35N3O13/c1-2-41-15-42-13-3-4-16-5-6-18(43-28-25(38)23(36)24(37)26(44-28)27(39)40)17(14-16)30-20(33)9-11-29-19(32)10-12-31-21(34)7-8-22(31)35/h3-8,14,23-26,28,36-38H,2,9-13,15H2,1H3,(H,29,32)(H,30,33)(H,39,40)/b4-3+/t23-,24-,25+,26-,28+/m0/s1. The summed E-state index contributed by atoms with van der Waals surface area (Å²) < 4.78 is 21.2. The van der Waals surface area contributed by atoms with Gasteiger partial charge in [-0.25, -0.2) is 4.79 Å². The number of hydrogen-bond donors (Lipinski definition) is 6. The van der Waals surface area contributed by atoms with Crippen molar-refractivity contribution in [3.63, 3.8) is 0 Å². The van der Waals surface area contributed by atoms with E-state index in [-0.39, 0.29) is 50.8 Å². The highest BCUT2D eigenvalue weighted by atomic mass is 16.7. The molecule has 0 bridgehead atoms. The summed E-state index contributed by atoms with van der Waals surface area (Å²) in [7, 11) is 0. The van der Waals surface area contributed by atoms with Crippen LogP contribution in [0.4, 0.5) is 5.69 Å². The molecule has 0 saturated carbocycles. The fourth-order valence-electron chi connectivity index (χ4n) is 4.05. The number of carboxylic acid groups (broad SMARTS) is 1. The van der Waals surface area contributed by atoms with E-state index in [1.165, 1.54) is 12.1 Å². The lowest BCUT2D eigenvalue weighted by Gasteiger charge is -2.38. The van der Waals surface area contributed by atoms with Gasteiger partial charge < -0.3 is 50.0 Å². The van der Waals surface area contributed by atoms with Gasteiger partial charge in [-0.05, 0) is 24.6 Å². The van der Waals surface area contributed by atoms with Gasteiger partial charge in [0.25, 0.3) is 11.8 Å². The summed E-state index contributed by atoms with van der Waals surface area (Å²) in [4.78, 5) is 60.5. The number of aliphatic carboxylic acids is 1. The highest BCUT2D eigenvalue weighted by molar-refractivity contribution is 6.13. The second-order valence-electron chi connectivity index (χ2n) is 9.55. The topological polar surface area (TPSA) is 230 Å². The Morgan fingerprint density at radius 3 is 2.41 bits per heavy atom. The third-order valence-electron chi connectivity index (χ3n) is 6.37. The van der Waals surface area contributed by atoms with Crippen LogP contribution in [0.2, 0.25) is 0 Å². The number of aliphatic hydroxyl groups is 3. The van der Waals surface area contributed by atoms with Crippen molar-refractivity contribution in [2.24, 2.45) is 0 Å². The van der Waals surface area contributed by atoms with Crippen molar-refractivity contribution in [2.45, 2.75) is 50.5 Å². The SMILES string of the molecule is CCOCOC/C=C/c1ccc(O[C@@H]2O[C@H](C(=O)O)[C@@H](O)[C@H](O)[C@H]2O)c(NC(=O)CCNC(=O)CCN2C(=O)C=CC2=O)c1. The molecule has 240 valence electrons. The molecule has 3 rings (SSSR count). The Morgan fingerprint density at radius 1 is 1.00 bits per heavy atom. The van der Waals surface area contributed by atoms with Crippen LogP contribution >= 0.6 is 0 Å². The molecule has 2 aliphatic heterocycles. The van der Waals surface area contributed by atoms with Crippen LogP contribution in [0.15, 0.2) is 36.4 Å². The smallest absolute Gasteiger partial charge is 0.335 e. The number of amides is 4. The van der Waals surface area contributed by atoms with Crippen molar-refractivity contribution in [1.82, 2.24) is 10.2 Å². The Labute approximate surface area is 251 Å². The van der Waals surface area contributed by atoms with Gasteiger partial charge >= 0.3 is 5.97 Å². The molecule has 44 heavy (non-hydrogen) atoms. The van der Waals surface area contributed by atoms with Gasteiger partial charge in [0.2, 0.25) is 18.1 Å². The molecule has 2 aliphatic rings. The zero-order chi connectivity index (χ0) is 32.2. The van der Waals surface area contributed by atoms with Crippen molar-refractivity contribution in [2.75, 3.05) is 38.4 Å². The summed E-state index contributed by atoms with van der Waals surface area (Å²) in [5.74, 6) is -3.71. The first-order valence-electron chi connectivity index (χ1n) is 13.7. The molecule has 0 radical (unpaired) electrons. The Balaban J connectivity index is 1.64. The van der Waals surface area contributed by atoms with E-state index in [0.29, 0.717) is 12.2 Å². The van der Waals surface area contributed by atoms with Crippen LogP contribution in [-0.4, -0.2) is 119 Å². The first kappa shape index (κ1) is 34.3. The molecule has 1 saturated heterocycles. The quantitative estimate of drug-likeness (QED) is 0.0720. The van der Waals surface area contributed by atoms with Crippen molar-refractivity contribution in [1.29, 1.82) is 0 Å². The normalized spacial score (nSPS) is 23.3. The first-order valence-corrected chi connectivity index (χ1v) is 13.7. The van der Waals surface area contributed by atoms with E-state index in [9.17, 15) is 44.4 Å². The second kappa shape index (κ2) is 16.6. The van der Waals surface area contributed by atoms with Crippen LogP contribution in [0, 0.1) is 0 Å².